The van der Waals surface area contributed by atoms with Gasteiger partial charge in [0.2, 0.25) is 0 Å². The van der Waals surface area contributed by atoms with Gasteiger partial charge in [-0.1, -0.05) is 6.07 Å². The fourth-order valence-electron chi connectivity index (χ4n) is 3.28. The van der Waals surface area contributed by atoms with Crippen molar-refractivity contribution in [3.63, 3.8) is 0 Å². The van der Waals surface area contributed by atoms with Crippen molar-refractivity contribution in [1.82, 2.24) is 14.8 Å². The Kier molecular flexibility index (Phi) is 5.24. The highest BCUT2D eigenvalue weighted by Crippen LogP contribution is 2.23. The number of aryl methyl sites for hydroxylation is 1. The molecule has 0 radical (unpaired) electrons. The van der Waals surface area contributed by atoms with Crippen molar-refractivity contribution in [3.05, 3.63) is 52.0 Å². The summed E-state index contributed by atoms with van der Waals surface area (Å²) in [5.41, 5.74) is 2.75. The molecule has 0 spiro atoms. The summed E-state index contributed by atoms with van der Waals surface area (Å²) in [6.07, 6.45) is 5.13. The first kappa shape index (κ1) is 15.7. The molecule has 0 saturated carbocycles. The minimum Gasteiger partial charge on any atom is -0.302 e. The summed E-state index contributed by atoms with van der Waals surface area (Å²) in [6.45, 7) is 7.99. The van der Waals surface area contributed by atoms with Gasteiger partial charge in [0.15, 0.2) is 0 Å². The van der Waals surface area contributed by atoms with Crippen LogP contribution in [0.2, 0.25) is 0 Å². The van der Waals surface area contributed by atoms with Crippen molar-refractivity contribution in [3.8, 4) is 0 Å². The van der Waals surface area contributed by atoms with E-state index in [1.54, 1.807) is 0 Å². The average molecular weight is 315 g/mol. The molecule has 0 amide bonds. The van der Waals surface area contributed by atoms with Gasteiger partial charge in [-0.15, -0.1) is 11.3 Å². The van der Waals surface area contributed by atoms with E-state index in [2.05, 4.69) is 46.3 Å². The molecule has 1 aliphatic heterocycles. The SMILES string of the molecule is Cc1ccsc1CN1CCC(CN(C)Cc2cccnc2)C1. The normalized spacial score (nSPS) is 19.1. The van der Waals surface area contributed by atoms with E-state index in [-0.39, 0.29) is 0 Å². The molecule has 3 rings (SSSR count). The zero-order chi connectivity index (χ0) is 15.4. The van der Waals surface area contributed by atoms with Crippen LogP contribution in [0.5, 0.6) is 0 Å². The van der Waals surface area contributed by atoms with Crippen LogP contribution < -0.4 is 0 Å². The number of thiophene rings is 1. The van der Waals surface area contributed by atoms with Crippen LogP contribution in [0.1, 0.15) is 22.4 Å². The molecule has 1 atom stereocenters. The van der Waals surface area contributed by atoms with E-state index in [1.165, 1.54) is 42.1 Å². The second kappa shape index (κ2) is 7.36. The smallest absolute Gasteiger partial charge is 0.0330 e. The molecule has 0 bridgehead atoms. The van der Waals surface area contributed by atoms with Gasteiger partial charge in [0.1, 0.15) is 0 Å². The van der Waals surface area contributed by atoms with Gasteiger partial charge >= 0.3 is 0 Å². The summed E-state index contributed by atoms with van der Waals surface area (Å²) >= 11 is 1.89. The molecule has 1 fully saturated rings. The zero-order valence-electron chi connectivity index (χ0n) is 13.5. The van der Waals surface area contributed by atoms with Crippen LogP contribution in [-0.4, -0.2) is 41.5 Å². The molecule has 118 valence electrons. The highest BCUT2D eigenvalue weighted by Gasteiger charge is 2.24. The summed E-state index contributed by atoms with van der Waals surface area (Å²) in [7, 11) is 2.22. The van der Waals surface area contributed by atoms with Crippen molar-refractivity contribution in [2.24, 2.45) is 5.92 Å². The number of rotatable bonds is 6. The maximum Gasteiger partial charge on any atom is 0.0330 e. The molecule has 0 aliphatic carbocycles. The second-order valence-electron chi connectivity index (χ2n) is 6.47. The molecule has 1 saturated heterocycles. The molecular formula is C18H25N3S. The molecule has 1 unspecified atom stereocenters. The standard InChI is InChI=1S/C18H25N3S/c1-15-6-9-22-18(15)14-21-8-5-17(13-21)12-20(2)11-16-4-3-7-19-10-16/h3-4,6-7,9-10,17H,5,8,11-14H2,1-2H3. The Balaban J connectivity index is 1.45. The fraction of sp³-hybridized carbons (Fsp3) is 0.500. The lowest BCUT2D eigenvalue weighted by molar-refractivity contribution is 0.255. The molecule has 2 aromatic heterocycles. The molecule has 4 heteroatoms. The van der Waals surface area contributed by atoms with Gasteiger partial charge in [0.25, 0.3) is 0 Å². The van der Waals surface area contributed by atoms with E-state index < -0.39 is 0 Å². The number of likely N-dealkylation sites (tertiary alicyclic amines) is 1. The predicted octanol–water partition coefficient (Wildman–Crippen LogP) is 3.41. The second-order valence-corrected chi connectivity index (χ2v) is 7.48. The topological polar surface area (TPSA) is 19.4 Å². The fourth-order valence-corrected chi connectivity index (χ4v) is 4.23. The van der Waals surface area contributed by atoms with Crippen LogP contribution in [0, 0.1) is 12.8 Å². The van der Waals surface area contributed by atoms with Crippen molar-refractivity contribution in [2.45, 2.75) is 26.4 Å². The number of hydrogen-bond acceptors (Lipinski definition) is 4. The summed E-state index contributed by atoms with van der Waals surface area (Å²) in [4.78, 5) is 10.8. The van der Waals surface area contributed by atoms with E-state index in [0.29, 0.717) is 0 Å². The van der Waals surface area contributed by atoms with Crippen LogP contribution >= 0.6 is 11.3 Å². The van der Waals surface area contributed by atoms with Gasteiger partial charge in [-0.25, -0.2) is 0 Å². The largest absolute Gasteiger partial charge is 0.302 e. The third-order valence-corrected chi connectivity index (χ3v) is 5.46. The Morgan fingerprint density at radius 1 is 1.41 bits per heavy atom. The third-order valence-electron chi connectivity index (χ3n) is 4.45. The minimum absolute atomic E-state index is 0.793. The molecule has 22 heavy (non-hydrogen) atoms. The minimum atomic E-state index is 0.793. The quantitative estimate of drug-likeness (QED) is 0.814. The summed E-state index contributed by atoms with van der Waals surface area (Å²) in [5, 5.41) is 2.21. The van der Waals surface area contributed by atoms with Gasteiger partial charge in [-0.2, -0.15) is 0 Å². The van der Waals surface area contributed by atoms with E-state index in [1.807, 2.05) is 29.8 Å². The Hall–Kier alpha value is -1.23. The maximum atomic E-state index is 4.20. The van der Waals surface area contributed by atoms with E-state index in [4.69, 9.17) is 0 Å². The highest BCUT2D eigenvalue weighted by molar-refractivity contribution is 7.10. The van der Waals surface area contributed by atoms with Gasteiger partial charge in [0, 0.05) is 43.4 Å². The number of pyridine rings is 1. The first-order valence-corrected chi connectivity index (χ1v) is 8.91. The molecule has 0 aromatic carbocycles. The Morgan fingerprint density at radius 2 is 2.32 bits per heavy atom. The van der Waals surface area contributed by atoms with Gasteiger partial charge in [-0.05, 0) is 61.5 Å². The average Bonchev–Trinajstić information content (AvgIpc) is 3.10. The summed E-state index contributed by atoms with van der Waals surface area (Å²) in [5.74, 6) is 0.793. The molecule has 1 aliphatic rings. The highest BCUT2D eigenvalue weighted by atomic mass is 32.1. The zero-order valence-corrected chi connectivity index (χ0v) is 14.4. The molecule has 0 N–H and O–H groups in total. The van der Waals surface area contributed by atoms with Crippen LogP contribution in [0.4, 0.5) is 0 Å². The predicted molar refractivity (Wildman–Crippen MR) is 93.0 cm³/mol. The summed E-state index contributed by atoms with van der Waals surface area (Å²) in [6, 6.07) is 6.41. The van der Waals surface area contributed by atoms with E-state index in [9.17, 15) is 0 Å². The van der Waals surface area contributed by atoms with Crippen molar-refractivity contribution in [1.29, 1.82) is 0 Å². The molecule has 2 aromatic rings. The van der Waals surface area contributed by atoms with Crippen molar-refractivity contribution in [2.75, 3.05) is 26.7 Å². The first-order chi connectivity index (χ1) is 10.7. The van der Waals surface area contributed by atoms with Crippen LogP contribution in [0.25, 0.3) is 0 Å². The van der Waals surface area contributed by atoms with Gasteiger partial charge in [-0.3, -0.25) is 9.88 Å². The Labute approximate surface area is 137 Å². The van der Waals surface area contributed by atoms with E-state index in [0.717, 1.165) is 19.0 Å². The monoisotopic (exact) mass is 315 g/mol. The van der Waals surface area contributed by atoms with Gasteiger partial charge in [0.05, 0.1) is 0 Å². The third kappa shape index (κ3) is 4.15. The lowest BCUT2D eigenvalue weighted by Gasteiger charge is -2.21. The van der Waals surface area contributed by atoms with Crippen molar-refractivity contribution >= 4 is 11.3 Å². The van der Waals surface area contributed by atoms with Crippen molar-refractivity contribution < 1.29 is 0 Å². The lowest BCUT2D eigenvalue weighted by atomic mass is 10.1. The molecule has 3 heterocycles. The van der Waals surface area contributed by atoms with E-state index >= 15 is 0 Å². The number of hydrogen-bond donors (Lipinski definition) is 0. The number of nitrogens with zero attached hydrogens (tertiary/aromatic N) is 3. The van der Waals surface area contributed by atoms with Crippen LogP contribution in [0.3, 0.4) is 0 Å². The van der Waals surface area contributed by atoms with Gasteiger partial charge < -0.3 is 4.90 Å². The maximum absolute atomic E-state index is 4.20. The number of aromatic nitrogens is 1. The van der Waals surface area contributed by atoms with Crippen LogP contribution in [0.15, 0.2) is 36.0 Å². The first-order valence-electron chi connectivity index (χ1n) is 8.03. The lowest BCUT2D eigenvalue weighted by Crippen LogP contribution is -2.28. The Morgan fingerprint density at radius 3 is 3.05 bits per heavy atom. The molecular weight excluding hydrogens is 290 g/mol. The molecule has 3 nitrogen and oxygen atoms in total. The van der Waals surface area contributed by atoms with Crippen LogP contribution in [-0.2, 0) is 13.1 Å². The Bertz CT molecular complexity index is 581. The summed E-state index contributed by atoms with van der Waals surface area (Å²) < 4.78 is 0.